The molecule has 0 aliphatic rings. The standard InChI is InChI=1S/C72H126O6/c1-4-7-10-13-16-19-22-25-28-31-33-34-35-36-37-38-39-42-44-47-50-53-56-59-62-65-71(74)77-68-69(67-76-70(73)64-61-58-55-52-49-46-43-40-30-27-24-21-18-15-12-9-6-3)78-72(75)66-63-60-57-54-51-48-45-41-32-29-26-23-20-17-14-11-8-5-2/h9,12,18,20-21,23,27,29-33,43,46,69H,4-8,10-11,13-17,19,22,24-26,28,34-42,44-45,47-68H2,1-3H3/b12-9-,21-18-,23-20-,30-27-,32-29-,33-31-,46-43-. The molecule has 6 nitrogen and oxygen atoms in total. The fourth-order valence-corrected chi connectivity index (χ4v) is 9.58. The van der Waals surface area contributed by atoms with Crippen LogP contribution >= 0.6 is 0 Å². The number of esters is 3. The van der Waals surface area contributed by atoms with Crippen LogP contribution in [0, 0.1) is 0 Å². The molecule has 0 aromatic carbocycles. The van der Waals surface area contributed by atoms with Gasteiger partial charge >= 0.3 is 17.9 Å². The van der Waals surface area contributed by atoms with Crippen molar-refractivity contribution in [3.8, 4) is 0 Å². The fraction of sp³-hybridized carbons (Fsp3) is 0.764. The highest BCUT2D eigenvalue weighted by atomic mass is 16.6. The lowest BCUT2D eigenvalue weighted by Crippen LogP contribution is -2.30. The molecule has 0 N–H and O–H groups in total. The van der Waals surface area contributed by atoms with Crippen molar-refractivity contribution in [3.63, 3.8) is 0 Å². The normalized spacial score (nSPS) is 12.6. The van der Waals surface area contributed by atoms with Gasteiger partial charge in [0.15, 0.2) is 6.10 Å². The number of rotatable bonds is 61. The Balaban J connectivity index is 4.35. The Hall–Kier alpha value is -3.41. The summed E-state index contributed by atoms with van der Waals surface area (Å²) in [6.45, 7) is 6.52. The zero-order valence-corrected chi connectivity index (χ0v) is 51.7. The van der Waals surface area contributed by atoms with Crippen molar-refractivity contribution in [2.24, 2.45) is 0 Å². The molecule has 0 rings (SSSR count). The van der Waals surface area contributed by atoms with E-state index in [0.717, 1.165) is 109 Å². The molecule has 0 saturated heterocycles. The van der Waals surface area contributed by atoms with Gasteiger partial charge in [-0.05, 0) is 116 Å². The third-order valence-corrected chi connectivity index (χ3v) is 14.6. The minimum absolute atomic E-state index is 0.0864. The summed E-state index contributed by atoms with van der Waals surface area (Å²) in [4.78, 5) is 38.4. The van der Waals surface area contributed by atoms with Crippen LogP contribution in [0.25, 0.3) is 0 Å². The SMILES string of the molecule is CC/C=C\C/C=C\C/C=C\C/C=C\CCCCCCC(=O)OCC(COC(=O)CCCCCCCCCCCCCCC/C=C\CCCCCCCCCC)OC(=O)CCCCCCCCC/C=C\C/C=C\CCCCCC. The van der Waals surface area contributed by atoms with E-state index in [9.17, 15) is 14.4 Å². The molecule has 0 aliphatic carbocycles. The molecule has 0 aromatic heterocycles. The summed E-state index contributed by atoms with van der Waals surface area (Å²) in [6, 6.07) is 0. The number of allylic oxidation sites excluding steroid dienone is 14. The van der Waals surface area contributed by atoms with Gasteiger partial charge in [-0.1, -0.05) is 286 Å². The maximum Gasteiger partial charge on any atom is 0.306 e. The van der Waals surface area contributed by atoms with Crippen LogP contribution in [0.4, 0.5) is 0 Å². The number of ether oxygens (including phenoxy) is 3. The van der Waals surface area contributed by atoms with E-state index in [1.165, 1.54) is 186 Å². The van der Waals surface area contributed by atoms with Crippen molar-refractivity contribution < 1.29 is 28.6 Å². The van der Waals surface area contributed by atoms with Crippen LogP contribution in [0.15, 0.2) is 85.1 Å². The van der Waals surface area contributed by atoms with Gasteiger partial charge in [-0.2, -0.15) is 0 Å². The molecule has 450 valence electrons. The molecule has 1 unspecified atom stereocenters. The first-order chi connectivity index (χ1) is 38.5. The van der Waals surface area contributed by atoms with Gasteiger partial charge in [0.05, 0.1) is 0 Å². The van der Waals surface area contributed by atoms with Gasteiger partial charge in [-0.25, -0.2) is 0 Å². The van der Waals surface area contributed by atoms with Crippen LogP contribution in [0.1, 0.15) is 335 Å². The first-order valence-corrected chi connectivity index (χ1v) is 33.6. The molecule has 0 heterocycles. The first-order valence-electron chi connectivity index (χ1n) is 33.6. The Kier molecular flexibility index (Phi) is 63.2. The quantitative estimate of drug-likeness (QED) is 0.0261. The van der Waals surface area contributed by atoms with Crippen molar-refractivity contribution in [1.29, 1.82) is 0 Å². The summed E-state index contributed by atoms with van der Waals surface area (Å²) in [7, 11) is 0. The Morgan fingerprint density at radius 1 is 0.269 bits per heavy atom. The van der Waals surface area contributed by atoms with Crippen molar-refractivity contribution >= 4 is 17.9 Å². The largest absolute Gasteiger partial charge is 0.462 e. The van der Waals surface area contributed by atoms with Crippen LogP contribution in [0.2, 0.25) is 0 Å². The molecule has 1 atom stereocenters. The number of unbranched alkanes of at least 4 members (excludes halogenated alkanes) is 36. The average molecular weight is 1090 g/mol. The number of carbonyl (C=O) groups excluding carboxylic acids is 3. The third-order valence-electron chi connectivity index (χ3n) is 14.6. The maximum absolute atomic E-state index is 12.9. The molecule has 0 bridgehead atoms. The van der Waals surface area contributed by atoms with Crippen LogP contribution in [0.3, 0.4) is 0 Å². The summed E-state index contributed by atoms with van der Waals surface area (Å²) in [5.41, 5.74) is 0. The predicted molar refractivity (Wildman–Crippen MR) is 339 cm³/mol. The third kappa shape index (κ3) is 63.4. The van der Waals surface area contributed by atoms with Crippen molar-refractivity contribution in [3.05, 3.63) is 85.1 Å². The van der Waals surface area contributed by atoms with E-state index in [1.54, 1.807) is 0 Å². The van der Waals surface area contributed by atoms with E-state index in [2.05, 4.69) is 106 Å². The lowest BCUT2D eigenvalue weighted by molar-refractivity contribution is -0.167. The fourth-order valence-electron chi connectivity index (χ4n) is 9.58. The molecule has 6 heteroatoms. The average Bonchev–Trinajstić information content (AvgIpc) is 3.44. The second-order valence-corrected chi connectivity index (χ2v) is 22.3. The predicted octanol–water partition coefficient (Wildman–Crippen LogP) is 23.1. The zero-order valence-electron chi connectivity index (χ0n) is 51.7. The summed E-state index contributed by atoms with van der Waals surface area (Å²) >= 11 is 0. The van der Waals surface area contributed by atoms with Crippen LogP contribution in [0.5, 0.6) is 0 Å². The maximum atomic E-state index is 12.9. The Labute approximate surface area is 484 Å². The molecule has 0 aromatic rings. The highest BCUT2D eigenvalue weighted by Gasteiger charge is 2.19. The minimum Gasteiger partial charge on any atom is -0.462 e. The van der Waals surface area contributed by atoms with Crippen molar-refractivity contribution in [2.75, 3.05) is 13.2 Å². The van der Waals surface area contributed by atoms with E-state index >= 15 is 0 Å². The molecule has 0 radical (unpaired) electrons. The van der Waals surface area contributed by atoms with Crippen LogP contribution in [-0.4, -0.2) is 37.2 Å². The van der Waals surface area contributed by atoms with Crippen LogP contribution in [-0.2, 0) is 28.6 Å². The van der Waals surface area contributed by atoms with Gasteiger partial charge in [-0.15, -0.1) is 0 Å². The van der Waals surface area contributed by atoms with Gasteiger partial charge < -0.3 is 14.2 Å². The highest BCUT2D eigenvalue weighted by molar-refractivity contribution is 5.71. The second kappa shape index (κ2) is 66.1. The van der Waals surface area contributed by atoms with Gasteiger partial charge in [-0.3, -0.25) is 14.4 Å². The molecular formula is C72H126O6. The molecule has 78 heavy (non-hydrogen) atoms. The minimum atomic E-state index is -0.793. The van der Waals surface area contributed by atoms with Gasteiger partial charge in [0.1, 0.15) is 13.2 Å². The highest BCUT2D eigenvalue weighted by Crippen LogP contribution is 2.17. The lowest BCUT2D eigenvalue weighted by Gasteiger charge is -2.18. The Morgan fingerprint density at radius 3 is 0.808 bits per heavy atom. The van der Waals surface area contributed by atoms with Gasteiger partial charge in [0, 0.05) is 19.3 Å². The first kappa shape index (κ1) is 74.6. The molecule has 0 spiro atoms. The molecule has 0 aliphatic heterocycles. The monoisotopic (exact) mass is 1090 g/mol. The van der Waals surface area contributed by atoms with E-state index in [1.807, 2.05) is 0 Å². The number of carbonyl (C=O) groups is 3. The van der Waals surface area contributed by atoms with Gasteiger partial charge in [0.25, 0.3) is 0 Å². The molecule has 0 amide bonds. The van der Waals surface area contributed by atoms with Gasteiger partial charge in [0.2, 0.25) is 0 Å². The summed E-state index contributed by atoms with van der Waals surface area (Å²) < 4.78 is 16.9. The van der Waals surface area contributed by atoms with E-state index < -0.39 is 6.10 Å². The number of hydrogen-bond donors (Lipinski definition) is 0. The molecule has 0 saturated carbocycles. The van der Waals surface area contributed by atoms with E-state index in [0.29, 0.717) is 19.3 Å². The van der Waals surface area contributed by atoms with Crippen LogP contribution < -0.4 is 0 Å². The number of hydrogen-bond acceptors (Lipinski definition) is 6. The topological polar surface area (TPSA) is 78.9 Å². The second-order valence-electron chi connectivity index (χ2n) is 22.3. The summed E-state index contributed by atoms with van der Waals surface area (Å²) in [6.07, 6.45) is 87.4. The Morgan fingerprint density at radius 2 is 0.500 bits per heavy atom. The summed E-state index contributed by atoms with van der Waals surface area (Å²) in [5.74, 6) is -0.905. The summed E-state index contributed by atoms with van der Waals surface area (Å²) in [5, 5.41) is 0. The smallest absolute Gasteiger partial charge is 0.306 e. The van der Waals surface area contributed by atoms with E-state index in [-0.39, 0.29) is 31.1 Å². The van der Waals surface area contributed by atoms with E-state index in [4.69, 9.17) is 14.2 Å². The van der Waals surface area contributed by atoms with Crippen molar-refractivity contribution in [2.45, 2.75) is 341 Å². The lowest BCUT2D eigenvalue weighted by atomic mass is 10.0. The Bertz CT molecular complexity index is 1480. The zero-order chi connectivity index (χ0) is 56.4. The molecular weight excluding hydrogens is 961 g/mol. The van der Waals surface area contributed by atoms with Crippen molar-refractivity contribution in [1.82, 2.24) is 0 Å². The molecule has 0 fully saturated rings.